The Morgan fingerprint density at radius 1 is 1.15 bits per heavy atom. The van der Waals surface area contributed by atoms with Gasteiger partial charge in [-0.05, 0) is 42.8 Å². The Bertz CT molecular complexity index is 623. The van der Waals surface area contributed by atoms with Gasteiger partial charge in [-0.15, -0.1) is 0 Å². The van der Waals surface area contributed by atoms with E-state index in [9.17, 15) is 4.79 Å². The van der Waals surface area contributed by atoms with Crippen LogP contribution in [0.1, 0.15) is 28.9 Å². The number of carbonyl (C=O) groups excluding carboxylic acids is 1. The zero-order valence-electron chi connectivity index (χ0n) is 10.9. The van der Waals surface area contributed by atoms with E-state index in [0.29, 0.717) is 11.3 Å². The van der Waals surface area contributed by atoms with Crippen molar-refractivity contribution >= 4 is 43.5 Å². The molecular formula is C15H14Br2N2O. The number of nitrogen functional groups attached to an aromatic ring is 1. The van der Waals surface area contributed by atoms with E-state index < -0.39 is 0 Å². The van der Waals surface area contributed by atoms with Gasteiger partial charge in [0.15, 0.2) is 0 Å². The van der Waals surface area contributed by atoms with Crippen molar-refractivity contribution < 1.29 is 4.79 Å². The van der Waals surface area contributed by atoms with Gasteiger partial charge in [-0.3, -0.25) is 4.79 Å². The summed E-state index contributed by atoms with van der Waals surface area (Å²) in [5.74, 6) is -0.148. The maximum Gasteiger partial charge on any atom is 0.251 e. The number of carbonyl (C=O) groups is 1. The highest BCUT2D eigenvalue weighted by Gasteiger charge is 2.12. The molecule has 20 heavy (non-hydrogen) atoms. The highest BCUT2D eigenvalue weighted by molar-refractivity contribution is 9.10. The number of nitrogens with two attached hydrogens (primary N) is 1. The largest absolute Gasteiger partial charge is 0.399 e. The van der Waals surface area contributed by atoms with Gasteiger partial charge in [-0.2, -0.15) is 0 Å². The maximum absolute atomic E-state index is 12.2. The summed E-state index contributed by atoms with van der Waals surface area (Å²) < 4.78 is 1.78. The minimum atomic E-state index is -0.148. The zero-order chi connectivity index (χ0) is 14.7. The van der Waals surface area contributed by atoms with E-state index in [-0.39, 0.29) is 11.9 Å². The maximum atomic E-state index is 12.2. The fourth-order valence-corrected chi connectivity index (χ4v) is 2.81. The van der Waals surface area contributed by atoms with Gasteiger partial charge in [0.2, 0.25) is 0 Å². The number of nitrogens with one attached hydrogen (secondary N) is 1. The molecule has 3 nitrogen and oxygen atoms in total. The lowest BCUT2D eigenvalue weighted by molar-refractivity contribution is 0.0940. The second kappa shape index (κ2) is 6.41. The van der Waals surface area contributed by atoms with E-state index in [1.807, 2.05) is 31.2 Å². The number of hydrogen-bond acceptors (Lipinski definition) is 2. The van der Waals surface area contributed by atoms with E-state index in [4.69, 9.17) is 5.73 Å². The van der Waals surface area contributed by atoms with Gasteiger partial charge >= 0.3 is 0 Å². The Morgan fingerprint density at radius 2 is 1.90 bits per heavy atom. The minimum Gasteiger partial charge on any atom is -0.399 e. The Morgan fingerprint density at radius 3 is 2.55 bits per heavy atom. The number of hydrogen-bond donors (Lipinski definition) is 2. The van der Waals surface area contributed by atoms with Crippen LogP contribution in [0.15, 0.2) is 51.4 Å². The molecule has 0 saturated heterocycles. The molecule has 0 unspecified atom stereocenters. The predicted molar refractivity (Wildman–Crippen MR) is 88.6 cm³/mol. The van der Waals surface area contributed by atoms with Crippen LogP contribution in [0, 0.1) is 0 Å². The van der Waals surface area contributed by atoms with Gasteiger partial charge < -0.3 is 11.1 Å². The van der Waals surface area contributed by atoms with Crippen molar-refractivity contribution in [1.29, 1.82) is 0 Å². The van der Waals surface area contributed by atoms with E-state index in [0.717, 1.165) is 14.5 Å². The van der Waals surface area contributed by atoms with Crippen molar-refractivity contribution in [2.75, 3.05) is 5.73 Å². The first kappa shape index (κ1) is 15.1. The van der Waals surface area contributed by atoms with Gasteiger partial charge in [0.1, 0.15) is 0 Å². The van der Waals surface area contributed by atoms with Crippen LogP contribution in [0.4, 0.5) is 5.69 Å². The standard InChI is InChI=1S/C15H14Br2N2O/c1-9(10-3-2-4-12(16)5-10)19-15(20)11-6-13(17)8-14(18)7-11/h2-9H,18H2,1H3,(H,19,20)/t9-/m1/s1. The molecule has 0 saturated carbocycles. The predicted octanol–water partition coefficient (Wildman–Crippen LogP) is 4.28. The van der Waals surface area contributed by atoms with Gasteiger partial charge in [0.05, 0.1) is 6.04 Å². The molecule has 1 atom stereocenters. The first-order chi connectivity index (χ1) is 9.45. The molecule has 0 heterocycles. The van der Waals surface area contributed by atoms with Crippen molar-refractivity contribution in [3.05, 3.63) is 62.5 Å². The molecule has 0 aliphatic carbocycles. The quantitative estimate of drug-likeness (QED) is 0.759. The van der Waals surface area contributed by atoms with Crippen LogP contribution in [-0.4, -0.2) is 5.91 Å². The number of anilines is 1. The van der Waals surface area contributed by atoms with E-state index in [2.05, 4.69) is 37.2 Å². The summed E-state index contributed by atoms with van der Waals surface area (Å²) in [6, 6.07) is 12.9. The second-order valence-corrected chi connectivity index (χ2v) is 6.35. The molecule has 2 aromatic carbocycles. The molecule has 0 aromatic heterocycles. The van der Waals surface area contributed by atoms with Crippen molar-refractivity contribution in [1.82, 2.24) is 5.32 Å². The first-order valence-electron chi connectivity index (χ1n) is 6.08. The highest BCUT2D eigenvalue weighted by Crippen LogP contribution is 2.20. The molecule has 2 rings (SSSR count). The summed E-state index contributed by atoms with van der Waals surface area (Å²) in [6.45, 7) is 1.95. The molecule has 3 N–H and O–H groups in total. The lowest BCUT2D eigenvalue weighted by Crippen LogP contribution is -2.26. The Balaban J connectivity index is 2.15. The van der Waals surface area contributed by atoms with Crippen molar-refractivity contribution in [2.24, 2.45) is 0 Å². The summed E-state index contributed by atoms with van der Waals surface area (Å²) in [5, 5.41) is 2.96. The monoisotopic (exact) mass is 396 g/mol. The van der Waals surface area contributed by atoms with Crippen LogP contribution < -0.4 is 11.1 Å². The molecule has 0 radical (unpaired) electrons. The Kier molecular flexibility index (Phi) is 4.83. The van der Waals surface area contributed by atoms with Crippen LogP contribution in [0.2, 0.25) is 0 Å². The molecule has 0 aliphatic heterocycles. The zero-order valence-corrected chi connectivity index (χ0v) is 14.0. The normalized spacial score (nSPS) is 11.9. The average molecular weight is 398 g/mol. The topological polar surface area (TPSA) is 55.1 Å². The number of halogens is 2. The van der Waals surface area contributed by atoms with E-state index >= 15 is 0 Å². The second-order valence-electron chi connectivity index (χ2n) is 4.52. The lowest BCUT2D eigenvalue weighted by atomic mass is 10.1. The van der Waals surface area contributed by atoms with Crippen molar-refractivity contribution in [2.45, 2.75) is 13.0 Å². The smallest absolute Gasteiger partial charge is 0.251 e. The van der Waals surface area contributed by atoms with Crippen LogP contribution in [-0.2, 0) is 0 Å². The van der Waals surface area contributed by atoms with Gasteiger partial charge in [0, 0.05) is 20.2 Å². The third-order valence-corrected chi connectivity index (χ3v) is 3.83. The van der Waals surface area contributed by atoms with Gasteiger partial charge in [-0.25, -0.2) is 0 Å². The van der Waals surface area contributed by atoms with Crippen molar-refractivity contribution in [3.63, 3.8) is 0 Å². The lowest BCUT2D eigenvalue weighted by Gasteiger charge is -2.15. The van der Waals surface area contributed by atoms with Gasteiger partial charge in [0.25, 0.3) is 5.91 Å². The van der Waals surface area contributed by atoms with Crippen molar-refractivity contribution in [3.8, 4) is 0 Å². The molecule has 0 fully saturated rings. The molecule has 0 spiro atoms. The summed E-state index contributed by atoms with van der Waals surface area (Å²) in [5.41, 5.74) is 7.88. The van der Waals surface area contributed by atoms with Crippen LogP contribution in [0.25, 0.3) is 0 Å². The molecule has 5 heteroatoms. The number of rotatable bonds is 3. The third kappa shape index (κ3) is 3.84. The fourth-order valence-electron chi connectivity index (χ4n) is 1.88. The number of amides is 1. The van der Waals surface area contributed by atoms with E-state index in [1.54, 1.807) is 18.2 Å². The third-order valence-electron chi connectivity index (χ3n) is 2.88. The molecule has 104 valence electrons. The van der Waals surface area contributed by atoms with Crippen LogP contribution in [0.5, 0.6) is 0 Å². The van der Waals surface area contributed by atoms with E-state index in [1.165, 1.54) is 0 Å². The minimum absolute atomic E-state index is 0.0831. The molecule has 2 aromatic rings. The molecule has 0 bridgehead atoms. The summed E-state index contributed by atoms with van der Waals surface area (Å²) in [4.78, 5) is 12.2. The molecule has 0 aliphatic rings. The van der Waals surface area contributed by atoms with Crippen LogP contribution in [0.3, 0.4) is 0 Å². The SMILES string of the molecule is C[C@@H](NC(=O)c1cc(N)cc(Br)c1)c1cccc(Br)c1. The van der Waals surface area contributed by atoms with Gasteiger partial charge in [-0.1, -0.05) is 44.0 Å². The Hall–Kier alpha value is -1.33. The summed E-state index contributed by atoms with van der Waals surface area (Å²) in [7, 11) is 0. The average Bonchev–Trinajstić information content (AvgIpc) is 2.37. The number of benzene rings is 2. The summed E-state index contributed by atoms with van der Waals surface area (Å²) >= 11 is 6.76. The fraction of sp³-hybridized carbons (Fsp3) is 0.133. The Labute approximate surface area is 134 Å². The molecule has 1 amide bonds. The molecular weight excluding hydrogens is 384 g/mol. The summed E-state index contributed by atoms with van der Waals surface area (Å²) in [6.07, 6.45) is 0. The van der Waals surface area contributed by atoms with Crippen LogP contribution >= 0.6 is 31.9 Å². The first-order valence-corrected chi connectivity index (χ1v) is 7.66. The highest BCUT2D eigenvalue weighted by atomic mass is 79.9.